The molecule has 2 rings (SSSR count). The Morgan fingerprint density at radius 1 is 1.36 bits per heavy atom. The van der Waals surface area contributed by atoms with Crippen LogP contribution in [0.25, 0.3) is 10.8 Å². The molecule has 72 valence electrons. The van der Waals surface area contributed by atoms with Gasteiger partial charge in [0.05, 0.1) is 11.2 Å². The highest BCUT2D eigenvalue weighted by molar-refractivity contribution is 9.10. The molecule has 0 amide bonds. The zero-order valence-electron chi connectivity index (χ0n) is 10.1. The molecular weight excluding hydrogens is 247 g/mol. The van der Waals surface area contributed by atoms with Crippen molar-refractivity contribution >= 4 is 26.7 Å². The lowest BCUT2D eigenvalue weighted by Crippen LogP contribution is -1.90. The van der Waals surface area contributed by atoms with Gasteiger partial charge in [0.25, 0.3) is 0 Å². The van der Waals surface area contributed by atoms with E-state index >= 15 is 0 Å². The number of halogens is 2. The van der Waals surface area contributed by atoms with E-state index in [2.05, 4.69) is 15.9 Å². The number of fused-ring (bicyclic) bond motifs is 1. The van der Waals surface area contributed by atoms with Crippen molar-refractivity contribution in [2.24, 2.45) is 0 Å². The lowest BCUT2D eigenvalue weighted by molar-refractivity contribution is 0.392. The lowest BCUT2D eigenvalue weighted by atomic mass is 10.1. The maximum absolute atomic E-state index is 13.6. The van der Waals surface area contributed by atoms with Crippen molar-refractivity contribution in [3.8, 4) is 5.75 Å². The third-order valence-corrected chi connectivity index (χ3v) is 2.66. The predicted molar refractivity (Wildman–Crippen MR) is 58.2 cm³/mol. The summed E-state index contributed by atoms with van der Waals surface area (Å²) in [7, 11) is -2.68. The summed E-state index contributed by atoms with van der Waals surface area (Å²) < 4.78 is 40.1. The van der Waals surface area contributed by atoms with E-state index < -0.39 is 12.9 Å². The Morgan fingerprint density at radius 2 is 2.21 bits per heavy atom. The van der Waals surface area contributed by atoms with Gasteiger partial charge in [-0.25, -0.2) is 4.39 Å². The summed E-state index contributed by atoms with van der Waals surface area (Å²) in [5.74, 6) is -0.949. The summed E-state index contributed by atoms with van der Waals surface area (Å²) in [4.78, 5) is 0. The Kier molecular flexibility index (Phi) is 1.64. The molecule has 2 aromatic carbocycles. The second-order valence-electron chi connectivity index (χ2n) is 2.82. The van der Waals surface area contributed by atoms with E-state index in [1.54, 1.807) is 24.3 Å². The molecule has 0 unspecified atom stereocenters. The molecule has 0 bridgehead atoms. The molecule has 0 aliphatic rings. The first kappa shape index (κ1) is 6.40. The molecular formula is C11H8BrFO. The fraction of sp³-hybridized carbons (Fsp3) is 0.0909. The number of methoxy groups -OCH3 is 1. The zero-order chi connectivity index (χ0) is 12.6. The summed E-state index contributed by atoms with van der Waals surface area (Å²) in [5, 5.41) is 1.13. The molecule has 14 heavy (non-hydrogen) atoms. The topological polar surface area (TPSA) is 9.23 Å². The number of benzene rings is 2. The fourth-order valence-electron chi connectivity index (χ4n) is 1.38. The Balaban J connectivity index is 2.71. The van der Waals surface area contributed by atoms with Crippen molar-refractivity contribution in [3.05, 3.63) is 40.6 Å². The quantitative estimate of drug-likeness (QED) is 0.756. The van der Waals surface area contributed by atoms with E-state index in [0.29, 0.717) is 15.2 Å². The maximum atomic E-state index is 13.6. The second kappa shape index (κ2) is 3.58. The Hall–Kier alpha value is -1.09. The van der Waals surface area contributed by atoms with Gasteiger partial charge in [-0.15, -0.1) is 0 Å². The summed E-state index contributed by atoms with van der Waals surface area (Å²) in [6.45, 7) is 0. The van der Waals surface area contributed by atoms with Gasteiger partial charge in [-0.3, -0.25) is 0 Å². The Labute approximate surface area is 93.8 Å². The molecule has 0 aliphatic carbocycles. The number of ether oxygens (including phenoxy) is 1. The summed E-state index contributed by atoms with van der Waals surface area (Å²) in [6.07, 6.45) is 0. The normalized spacial score (nSPS) is 14.6. The van der Waals surface area contributed by atoms with Crippen molar-refractivity contribution in [2.75, 3.05) is 7.04 Å². The van der Waals surface area contributed by atoms with Crippen LogP contribution in [-0.4, -0.2) is 7.04 Å². The van der Waals surface area contributed by atoms with Crippen molar-refractivity contribution in [2.45, 2.75) is 0 Å². The van der Waals surface area contributed by atoms with Crippen LogP contribution in [0.5, 0.6) is 5.75 Å². The zero-order valence-corrected chi connectivity index (χ0v) is 8.64. The van der Waals surface area contributed by atoms with E-state index in [0.717, 1.165) is 0 Å². The summed E-state index contributed by atoms with van der Waals surface area (Å²) >= 11 is 3.26. The fourth-order valence-corrected chi connectivity index (χ4v) is 1.94. The van der Waals surface area contributed by atoms with Gasteiger partial charge in [-0.05, 0) is 17.5 Å². The highest BCUT2D eigenvalue weighted by Crippen LogP contribution is 2.34. The molecule has 2 aromatic rings. The van der Waals surface area contributed by atoms with Crippen LogP contribution in [-0.2, 0) is 0 Å². The van der Waals surface area contributed by atoms with E-state index in [-0.39, 0.29) is 5.75 Å². The van der Waals surface area contributed by atoms with Crippen molar-refractivity contribution in [3.63, 3.8) is 0 Å². The van der Waals surface area contributed by atoms with Gasteiger partial charge in [0.2, 0.25) is 0 Å². The molecule has 0 saturated heterocycles. The monoisotopic (exact) mass is 257 g/mol. The van der Waals surface area contributed by atoms with Gasteiger partial charge in [-0.1, -0.05) is 34.1 Å². The highest BCUT2D eigenvalue weighted by atomic mass is 79.9. The van der Waals surface area contributed by atoms with Crippen LogP contribution in [0.2, 0.25) is 0 Å². The van der Waals surface area contributed by atoms with Crippen LogP contribution < -0.4 is 4.74 Å². The molecule has 0 spiro atoms. The molecule has 0 heterocycles. The largest absolute Gasteiger partial charge is 0.493 e. The van der Waals surface area contributed by atoms with Gasteiger partial charge < -0.3 is 4.74 Å². The average Bonchev–Trinajstić information content (AvgIpc) is 2.21. The van der Waals surface area contributed by atoms with Crippen LogP contribution in [0.15, 0.2) is 34.8 Å². The summed E-state index contributed by atoms with van der Waals surface area (Å²) in [5.41, 5.74) is 0. The lowest BCUT2D eigenvalue weighted by Gasteiger charge is -2.07. The second-order valence-corrected chi connectivity index (χ2v) is 3.67. The molecule has 0 fully saturated rings. The SMILES string of the molecule is [2H]C([2H])([2H])Oc1c(F)ccc2cccc(Br)c12. The van der Waals surface area contributed by atoms with E-state index in [1.807, 2.05) is 0 Å². The first-order valence-corrected chi connectivity index (χ1v) is 4.73. The molecule has 0 radical (unpaired) electrons. The van der Waals surface area contributed by atoms with Gasteiger partial charge in [-0.2, -0.15) is 0 Å². The number of hydrogen-bond donors (Lipinski definition) is 0. The number of rotatable bonds is 1. The molecule has 0 aromatic heterocycles. The van der Waals surface area contributed by atoms with Crippen molar-refractivity contribution in [1.29, 1.82) is 0 Å². The van der Waals surface area contributed by atoms with Crippen molar-refractivity contribution < 1.29 is 13.2 Å². The minimum atomic E-state index is -2.68. The average molecular weight is 258 g/mol. The number of hydrogen-bond acceptors (Lipinski definition) is 1. The standard InChI is InChI=1S/C11H8BrFO/c1-14-11-9(13)6-5-7-3-2-4-8(12)10(7)11/h2-6H,1H3/i1D3. The van der Waals surface area contributed by atoms with E-state index in [9.17, 15) is 4.39 Å². The maximum Gasteiger partial charge on any atom is 0.165 e. The Morgan fingerprint density at radius 3 is 3.00 bits per heavy atom. The van der Waals surface area contributed by atoms with Crippen LogP contribution >= 0.6 is 15.9 Å². The van der Waals surface area contributed by atoms with Gasteiger partial charge in [0, 0.05) is 9.86 Å². The van der Waals surface area contributed by atoms with Gasteiger partial charge in [0.1, 0.15) is 0 Å². The minimum absolute atomic E-state index is 0.255. The molecule has 0 N–H and O–H groups in total. The first-order chi connectivity index (χ1) is 7.88. The predicted octanol–water partition coefficient (Wildman–Crippen LogP) is 3.75. The first-order valence-electron chi connectivity index (χ1n) is 5.44. The molecule has 3 heteroatoms. The third kappa shape index (κ3) is 1.38. The molecule has 0 aliphatic heterocycles. The van der Waals surface area contributed by atoms with E-state index in [1.165, 1.54) is 6.07 Å². The molecule has 1 nitrogen and oxygen atoms in total. The smallest absolute Gasteiger partial charge is 0.165 e. The minimum Gasteiger partial charge on any atom is -0.493 e. The van der Waals surface area contributed by atoms with Crippen LogP contribution in [0.4, 0.5) is 4.39 Å². The molecule has 0 atom stereocenters. The van der Waals surface area contributed by atoms with Crippen LogP contribution in [0.3, 0.4) is 0 Å². The van der Waals surface area contributed by atoms with Crippen LogP contribution in [0, 0.1) is 5.82 Å². The van der Waals surface area contributed by atoms with Crippen molar-refractivity contribution in [1.82, 2.24) is 0 Å². The van der Waals surface area contributed by atoms with Crippen LogP contribution in [0.1, 0.15) is 4.11 Å². The van der Waals surface area contributed by atoms with Gasteiger partial charge in [0.15, 0.2) is 11.6 Å². The molecule has 0 saturated carbocycles. The highest BCUT2D eigenvalue weighted by Gasteiger charge is 2.09. The summed E-state index contributed by atoms with van der Waals surface area (Å²) in [6, 6.07) is 8.00. The van der Waals surface area contributed by atoms with Gasteiger partial charge >= 0.3 is 0 Å². The Bertz CT molecular complexity index is 568. The third-order valence-electron chi connectivity index (χ3n) is 2.00. The van der Waals surface area contributed by atoms with E-state index in [4.69, 9.17) is 8.85 Å².